The summed E-state index contributed by atoms with van der Waals surface area (Å²) in [6, 6.07) is 14.4. The van der Waals surface area contributed by atoms with Crippen LogP contribution >= 0.6 is 0 Å². The Morgan fingerprint density at radius 2 is 1.91 bits per heavy atom. The fraction of sp³-hybridized carbons (Fsp3) is 0.407. The fourth-order valence-electron chi connectivity index (χ4n) is 4.28. The van der Waals surface area contributed by atoms with Crippen LogP contribution in [0, 0.1) is 0 Å². The Balaban J connectivity index is 1.71. The summed E-state index contributed by atoms with van der Waals surface area (Å²) >= 11 is 0. The number of nitrogen functional groups attached to an aromatic ring is 1. The molecular weight excluding hydrogens is 428 g/mol. The van der Waals surface area contributed by atoms with E-state index < -0.39 is 12.1 Å². The third kappa shape index (κ3) is 6.92. The molecule has 1 aliphatic rings. The van der Waals surface area contributed by atoms with Crippen LogP contribution in [0.3, 0.4) is 0 Å². The highest BCUT2D eigenvalue weighted by Crippen LogP contribution is 2.27. The maximum Gasteiger partial charge on any atom is 0.248 e. The van der Waals surface area contributed by atoms with Gasteiger partial charge < -0.3 is 21.5 Å². The summed E-state index contributed by atoms with van der Waals surface area (Å²) in [6.45, 7) is 5.35. The molecule has 0 saturated carbocycles. The number of aliphatic hydroxyl groups is 1. The monoisotopic (exact) mass is 464 g/mol. The van der Waals surface area contributed by atoms with Gasteiger partial charge in [0.25, 0.3) is 0 Å². The second kappa shape index (κ2) is 12.3. The number of rotatable bonds is 10. The molecule has 7 nitrogen and oxygen atoms in total. The number of carbonyl (C=O) groups excluding carboxylic acids is 2. The molecule has 2 unspecified atom stereocenters. The highest BCUT2D eigenvalue weighted by Gasteiger charge is 2.33. The summed E-state index contributed by atoms with van der Waals surface area (Å²) in [4.78, 5) is 27.6. The lowest BCUT2D eigenvalue weighted by Crippen LogP contribution is -2.44. The van der Waals surface area contributed by atoms with E-state index in [1.54, 1.807) is 18.2 Å². The Hall–Kier alpha value is -3.16. The molecule has 7 heteroatoms. The third-order valence-corrected chi connectivity index (χ3v) is 6.18. The molecule has 0 bridgehead atoms. The zero-order valence-corrected chi connectivity index (χ0v) is 20.0. The number of hydrogen-bond donors (Lipinski definition) is 4. The molecular formula is C27H36N4O3. The first-order valence-corrected chi connectivity index (χ1v) is 12.1. The minimum atomic E-state index is -0.453. The van der Waals surface area contributed by atoms with Crippen LogP contribution < -0.4 is 16.4 Å². The van der Waals surface area contributed by atoms with Crippen molar-refractivity contribution in [1.82, 2.24) is 10.2 Å². The van der Waals surface area contributed by atoms with Gasteiger partial charge in [0.15, 0.2) is 0 Å². The SMILES string of the molecule is CCCC(CC)NC(=O)C(c1ccc(/C=C/C(=O)Nc2ccccc2N)cc1)N1CC[C@H](O)C1. The Bertz CT molecular complexity index is 990. The lowest BCUT2D eigenvalue weighted by molar-refractivity contribution is -0.127. The van der Waals surface area contributed by atoms with Crippen LogP contribution in [0.25, 0.3) is 6.08 Å². The van der Waals surface area contributed by atoms with Crippen LogP contribution in [0.15, 0.2) is 54.6 Å². The van der Waals surface area contributed by atoms with Crippen LogP contribution in [-0.2, 0) is 9.59 Å². The number of carbonyl (C=O) groups is 2. The molecule has 1 saturated heterocycles. The Kier molecular flexibility index (Phi) is 9.24. The number of benzene rings is 2. The van der Waals surface area contributed by atoms with E-state index in [2.05, 4.69) is 24.5 Å². The van der Waals surface area contributed by atoms with Crippen molar-refractivity contribution >= 4 is 29.3 Å². The average molecular weight is 465 g/mol. The molecule has 2 aromatic rings. The van der Waals surface area contributed by atoms with Crippen molar-refractivity contribution in [3.8, 4) is 0 Å². The molecule has 0 aliphatic carbocycles. The van der Waals surface area contributed by atoms with Crippen molar-refractivity contribution < 1.29 is 14.7 Å². The first kappa shape index (κ1) is 25.5. The number of para-hydroxylation sites is 2. The lowest BCUT2D eigenvalue weighted by atomic mass is 10.0. The first-order chi connectivity index (χ1) is 16.4. The van der Waals surface area contributed by atoms with E-state index in [1.165, 1.54) is 6.08 Å². The van der Waals surface area contributed by atoms with Gasteiger partial charge in [-0.1, -0.05) is 56.7 Å². The number of aliphatic hydroxyl groups excluding tert-OH is 1. The summed E-state index contributed by atoms with van der Waals surface area (Å²) in [7, 11) is 0. The summed E-state index contributed by atoms with van der Waals surface area (Å²) in [5.74, 6) is -0.302. The highest BCUT2D eigenvalue weighted by atomic mass is 16.3. The molecule has 3 atom stereocenters. The van der Waals surface area contributed by atoms with Gasteiger partial charge in [-0.25, -0.2) is 0 Å². The number of likely N-dealkylation sites (tertiary alicyclic amines) is 1. The average Bonchev–Trinajstić information content (AvgIpc) is 3.25. The topological polar surface area (TPSA) is 108 Å². The van der Waals surface area contributed by atoms with Gasteiger partial charge in [0.05, 0.1) is 17.5 Å². The summed E-state index contributed by atoms with van der Waals surface area (Å²) in [6.07, 6.45) is 6.27. The molecule has 0 radical (unpaired) electrons. The highest BCUT2D eigenvalue weighted by molar-refractivity contribution is 6.03. The smallest absolute Gasteiger partial charge is 0.248 e. The summed E-state index contributed by atoms with van der Waals surface area (Å²) in [5.41, 5.74) is 8.67. The first-order valence-electron chi connectivity index (χ1n) is 12.1. The predicted octanol–water partition coefficient (Wildman–Crippen LogP) is 3.72. The van der Waals surface area contributed by atoms with E-state index >= 15 is 0 Å². The Morgan fingerprint density at radius 3 is 2.53 bits per heavy atom. The van der Waals surface area contributed by atoms with Gasteiger partial charge in [0, 0.05) is 25.2 Å². The molecule has 1 fully saturated rings. The fourth-order valence-corrected chi connectivity index (χ4v) is 4.28. The zero-order valence-electron chi connectivity index (χ0n) is 20.0. The minimum Gasteiger partial charge on any atom is -0.397 e. The lowest BCUT2D eigenvalue weighted by Gasteiger charge is -2.29. The third-order valence-electron chi connectivity index (χ3n) is 6.18. The standard InChI is InChI=1S/C27H36N4O3/c1-3-7-21(4-2)29-27(34)26(31-17-16-22(32)18-31)20-13-10-19(11-14-20)12-15-25(33)30-24-9-6-5-8-23(24)28/h5-6,8-15,21-22,26,32H,3-4,7,16-18,28H2,1-2H3,(H,29,34)(H,30,33)/b15-12+/t21?,22-,26?/m0/s1. The quantitative estimate of drug-likeness (QED) is 0.317. The Labute approximate surface area is 202 Å². The van der Waals surface area contributed by atoms with Gasteiger partial charge in [0.2, 0.25) is 11.8 Å². The van der Waals surface area contributed by atoms with Crippen molar-refractivity contribution in [3.05, 3.63) is 65.7 Å². The number of amides is 2. The molecule has 5 N–H and O–H groups in total. The molecule has 1 aliphatic heterocycles. The minimum absolute atomic E-state index is 0.0301. The van der Waals surface area contributed by atoms with E-state index in [0.29, 0.717) is 30.9 Å². The number of nitrogens with two attached hydrogens (primary N) is 1. The molecule has 182 valence electrons. The van der Waals surface area contributed by atoms with Crippen LogP contribution in [-0.4, -0.2) is 47.1 Å². The van der Waals surface area contributed by atoms with Gasteiger partial charge in [-0.3, -0.25) is 14.5 Å². The molecule has 2 amide bonds. The van der Waals surface area contributed by atoms with Crippen molar-refractivity contribution in [2.24, 2.45) is 0 Å². The van der Waals surface area contributed by atoms with E-state index in [4.69, 9.17) is 5.73 Å². The summed E-state index contributed by atoms with van der Waals surface area (Å²) in [5, 5.41) is 16.0. The van der Waals surface area contributed by atoms with Crippen molar-refractivity contribution in [2.75, 3.05) is 24.1 Å². The van der Waals surface area contributed by atoms with Crippen LogP contribution in [0.5, 0.6) is 0 Å². The maximum absolute atomic E-state index is 13.3. The number of nitrogens with zero attached hydrogens (tertiary/aromatic N) is 1. The van der Waals surface area contributed by atoms with E-state index in [1.807, 2.05) is 41.3 Å². The number of β-amino-alcohol motifs (C(OH)–C–C–N with tert-alkyl or cyclic N) is 1. The van der Waals surface area contributed by atoms with Crippen LogP contribution in [0.4, 0.5) is 11.4 Å². The molecule has 1 heterocycles. The van der Waals surface area contributed by atoms with Crippen molar-refractivity contribution in [3.63, 3.8) is 0 Å². The van der Waals surface area contributed by atoms with E-state index in [0.717, 1.165) is 30.4 Å². The Morgan fingerprint density at radius 1 is 1.18 bits per heavy atom. The zero-order chi connectivity index (χ0) is 24.5. The van der Waals surface area contributed by atoms with Crippen LogP contribution in [0.1, 0.15) is 56.7 Å². The second-order valence-electron chi connectivity index (χ2n) is 8.82. The number of anilines is 2. The van der Waals surface area contributed by atoms with Gasteiger partial charge in [-0.05, 0) is 48.6 Å². The van der Waals surface area contributed by atoms with Crippen LogP contribution in [0.2, 0.25) is 0 Å². The van der Waals surface area contributed by atoms with Crippen molar-refractivity contribution in [2.45, 2.75) is 57.7 Å². The second-order valence-corrected chi connectivity index (χ2v) is 8.82. The number of nitrogens with one attached hydrogen (secondary N) is 2. The van der Waals surface area contributed by atoms with Gasteiger partial charge in [0.1, 0.15) is 6.04 Å². The van der Waals surface area contributed by atoms with Gasteiger partial charge >= 0.3 is 0 Å². The predicted molar refractivity (Wildman–Crippen MR) is 137 cm³/mol. The number of hydrogen-bond acceptors (Lipinski definition) is 5. The van der Waals surface area contributed by atoms with Gasteiger partial charge in [-0.2, -0.15) is 0 Å². The van der Waals surface area contributed by atoms with E-state index in [9.17, 15) is 14.7 Å². The van der Waals surface area contributed by atoms with Crippen molar-refractivity contribution in [1.29, 1.82) is 0 Å². The molecule has 3 rings (SSSR count). The normalized spacial score (nSPS) is 18.0. The maximum atomic E-state index is 13.3. The molecule has 0 spiro atoms. The largest absolute Gasteiger partial charge is 0.397 e. The summed E-state index contributed by atoms with van der Waals surface area (Å²) < 4.78 is 0. The molecule has 2 aromatic carbocycles. The van der Waals surface area contributed by atoms with Gasteiger partial charge in [-0.15, -0.1) is 0 Å². The molecule has 34 heavy (non-hydrogen) atoms. The molecule has 0 aromatic heterocycles. The van der Waals surface area contributed by atoms with E-state index in [-0.39, 0.29) is 17.9 Å².